The quantitative estimate of drug-likeness (QED) is 0.921. The molecule has 0 radical (unpaired) electrons. The van der Waals surface area contributed by atoms with E-state index in [1.807, 2.05) is 47.0 Å². The molecule has 1 spiro atoms. The predicted octanol–water partition coefficient (Wildman–Crippen LogP) is 1.72. The van der Waals surface area contributed by atoms with Gasteiger partial charge in [-0.15, -0.1) is 11.8 Å². The molecule has 2 saturated heterocycles. The fourth-order valence-electron chi connectivity index (χ4n) is 2.93. The lowest BCUT2D eigenvalue weighted by atomic mass is 10.0. The second kappa shape index (κ2) is 6.06. The monoisotopic (exact) mass is 292 g/mol. The summed E-state index contributed by atoms with van der Waals surface area (Å²) in [7, 11) is 0. The van der Waals surface area contributed by atoms with Crippen molar-refractivity contribution in [2.75, 3.05) is 32.0 Å². The minimum atomic E-state index is 0.0163. The molecule has 108 valence electrons. The number of rotatable bonds is 3. The summed E-state index contributed by atoms with van der Waals surface area (Å²) in [5.74, 6) is 1.91. The molecule has 1 N–H and O–H groups in total. The number of ether oxygens (including phenoxy) is 1. The number of piperidine rings is 1. The van der Waals surface area contributed by atoms with Gasteiger partial charge in [0.05, 0.1) is 4.87 Å². The Balaban J connectivity index is 1.61. The second-order valence-electron chi connectivity index (χ2n) is 5.19. The number of amides is 1. The van der Waals surface area contributed by atoms with Crippen LogP contribution in [0.1, 0.15) is 12.8 Å². The Morgan fingerprint density at radius 3 is 2.80 bits per heavy atom. The fourth-order valence-corrected chi connectivity index (χ4v) is 4.43. The number of thioether (sulfide) groups is 1. The molecule has 2 fully saturated rings. The van der Waals surface area contributed by atoms with E-state index in [1.54, 1.807) is 0 Å². The number of nitrogens with zero attached hydrogens (tertiary/aromatic N) is 1. The Bertz CT molecular complexity index is 460. The van der Waals surface area contributed by atoms with Crippen LogP contribution in [0.15, 0.2) is 30.3 Å². The molecule has 4 nitrogen and oxygen atoms in total. The average molecular weight is 292 g/mol. The highest BCUT2D eigenvalue weighted by molar-refractivity contribution is 8.00. The van der Waals surface area contributed by atoms with Gasteiger partial charge in [-0.05, 0) is 38.1 Å². The van der Waals surface area contributed by atoms with E-state index in [1.165, 1.54) is 0 Å². The van der Waals surface area contributed by atoms with Crippen molar-refractivity contribution >= 4 is 17.7 Å². The van der Waals surface area contributed by atoms with Gasteiger partial charge in [0.15, 0.2) is 6.61 Å². The standard InChI is InChI=1S/C15H20N2O2S/c18-14(12-19-13-4-2-1-3-5-13)17-10-11-20-15(17)6-8-16-9-7-15/h1-5,16H,6-12H2. The molecule has 0 atom stereocenters. The van der Waals surface area contributed by atoms with Crippen molar-refractivity contribution in [3.63, 3.8) is 0 Å². The number of hydrogen-bond donors (Lipinski definition) is 1. The lowest BCUT2D eigenvalue weighted by Gasteiger charge is -2.40. The Labute approximate surface area is 123 Å². The van der Waals surface area contributed by atoms with Crippen LogP contribution in [-0.4, -0.2) is 47.7 Å². The van der Waals surface area contributed by atoms with Crippen molar-refractivity contribution in [3.8, 4) is 5.75 Å². The number of carbonyl (C=O) groups is 1. The maximum Gasteiger partial charge on any atom is 0.261 e. The molecule has 1 aromatic carbocycles. The summed E-state index contributed by atoms with van der Waals surface area (Å²) in [6.45, 7) is 2.98. The van der Waals surface area contributed by atoms with Crippen molar-refractivity contribution in [1.29, 1.82) is 0 Å². The largest absolute Gasteiger partial charge is 0.484 e. The van der Waals surface area contributed by atoms with E-state index in [9.17, 15) is 4.79 Å². The van der Waals surface area contributed by atoms with Crippen LogP contribution in [0.25, 0.3) is 0 Å². The van der Waals surface area contributed by atoms with E-state index >= 15 is 0 Å². The fraction of sp³-hybridized carbons (Fsp3) is 0.533. The highest BCUT2D eigenvalue weighted by Crippen LogP contribution is 2.42. The molecule has 0 aliphatic carbocycles. The van der Waals surface area contributed by atoms with Gasteiger partial charge in [-0.2, -0.15) is 0 Å². The SMILES string of the molecule is O=C(COc1ccccc1)N1CCSC12CCNCC2. The lowest BCUT2D eigenvalue weighted by Crippen LogP contribution is -2.52. The minimum Gasteiger partial charge on any atom is -0.484 e. The molecule has 1 amide bonds. The van der Waals surface area contributed by atoms with Gasteiger partial charge in [0.1, 0.15) is 5.75 Å². The Morgan fingerprint density at radius 1 is 1.30 bits per heavy atom. The van der Waals surface area contributed by atoms with Gasteiger partial charge in [-0.25, -0.2) is 0 Å². The topological polar surface area (TPSA) is 41.6 Å². The van der Waals surface area contributed by atoms with Crippen LogP contribution < -0.4 is 10.1 Å². The predicted molar refractivity (Wildman–Crippen MR) is 80.9 cm³/mol. The summed E-state index contributed by atoms with van der Waals surface area (Å²) in [5.41, 5.74) is 0. The minimum absolute atomic E-state index is 0.0163. The Morgan fingerprint density at radius 2 is 2.05 bits per heavy atom. The van der Waals surface area contributed by atoms with Gasteiger partial charge in [-0.1, -0.05) is 18.2 Å². The first-order valence-corrected chi connectivity index (χ1v) is 8.12. The van der Waals surface area contributed by atoms with Gasteiger partial charge in [0.2, 0.25) is 0 Å². The first-order valence-electron chi connectivity index (χ1n) is 7.13. The molecule has 0 bridgehead atoms. The molecule has 2 heterocycles. The van der Waals surface area contributed by atoms with Crippen LogP contribution in [0, 0.1) is 0 Å². The summed E-state index contributed by atoms with van der Waals surface area (Å²) in [6, 6.07) is 9.54. The molecule has 0 aromatic heterocycles. The molecule has 3 rings (SSSR count). The van der Waals surface area contributed by atoms with Crippen molar-refractivity contribution in [1.82, 2.24) is 10.2 Å². The Kier molecular flexibility index (Phi) is 4.17. The molecular formula is C15H20N2O2S. The van der Waals surface area contributed by atoms with Crippen LogP contribution in [-0.2, 0) is 4.79 Å². The smallest absolute Gasteiger partial charge is 0.261 e. The number of hydrogen-bond acceptors (Lipinski definition) is 4. The highest BCUT2D eigenvalue weighted by Gasteiger charge is 2.44. The molecule has 5 heteroatoms. The van der Waals surface area contributed by atoms with Crippen LogP contribution in [0.2, 0.25) is 0 Å². The first-order chi connectivity index (χ1) is 9.80. The van der Waals surface area contributed by atoms with E-state index in [0.29, 0.717) is 0 Å². The Hall–Kier alpha value is -1.20. The normalized spacial score (nSPS) is 21.1. The average Bonchev–Trinajstić information content (AvgIpc) is 2.90. The summed E-state index contributed by atoms with van der Waals surface area (Å²) in [5, 5.41) is 3.37. The molecule has 0 saturated carbocycles. The van der Waals surface area contributed by atoms with E-state index in [0.717, 1.165) is 44.0 Å². The van der Waals surface area contributed by atoms with Gasteiger partial charge in [0.25, 0.3) is 5.91 Å². The zero-order valence-corrected chi connectivity index (χ0v) is 12.3. The highest BCUT2D eigenvalue weighted by atomic mass is 32.2. The molecule has 1 aromatic rings. The van der Waals surface area contributed by atoms with E-state index in [-0.39, 0.29) is 17.4 Å². The van der Waals surface area contributed by atoms with E-state index in [4.69, 9.17) is 4.74 Å². The number of para-hydroxylation sites is 1. The van der Waals surface area contributed by atoms with Crippen LogP contribution in [0.3, 0.4) is 0 Å². The summed E-state index contributed by atoms with van der Waals surface area (Å²) in [4.78, 5) is 14.5. The third-order valence-electron chi connectivity index (χ3n) is 3.97. The molecule has 20 heavy (non-hydrogen) atoms. The molecule has 2 aliphatic heterocycles. The van der Waals surface area contributed by atoms with Gasteiger partial charge in [-0.3, -0.25) is 4.79 Å². The van der Waals surface area contributed by atoms with E-state index < -0.39 is 0 Å². The van der Waals surface area contributed by atoms with Crippen LogP contribution in [0.5, 0.6) is 5.75 Å². The third kappa shape index (κ3) is 2.79. The summed E-state index contributed by atoms with van der Waals surface area (Å²) < 4.78 is 5.60. The van der Waals surface area contributed by atoms with E-state index in [2.05, 4.69) is 5.32 Å². The number of carbonyl (C=O) groups excluding carboxylic acids is 1. The summed E-state index contributed by atoms with van der Waals surface area (Å²) in [6.07, 6.45) is 2.07. The zero-order valence-electron chi connectivity index (χ0n) is 11.5. The molecule has 2 aliphatic rings. The van der Waals surface area contributed by atoms with Crippen molar-refractivity contribution < 1.29 is 9.53 Å². The third-order valence-corrected chi connectivity index (χ3v) is 5.52. The number of nitrogens with one attached hydrogen (secondary N) is 1. The van der Waals surface area contributed by atoms with Crippen LogP contribution >= 0.6 is 11.8 Å². The molecule has 0 unspecified atom stereocenters. The maximum atomic E-state index is 12.5. The maximum absolute atomic E-state index is 12.5. The first kappa shape index (κ1) is 13.8. The van der Waals surface area contributed by atoms with Crippen molar-refractivity contribution in [2.45, 2.75) is 17.7 Å². The lowest BCUT2D eigenvalue weighted by molar-refractivity contribution is -0.136. The van der Waals surface area contributed by atoms with Crippen molar-refractivity contribution in [2.24, 2.45) is 0 Å². The van der Waals surface area contributed by atoms with Gasteiger partial charge < -0.3 is 15.0 Å². The summed E-state index contributed by atoms with van der Waals surface area (Å²) >= 11 is 1.93. The van der Waals surface area contributed by atoms with Crippen LogP contribution in [0.4, 0.5) is 0 Å². The second-order valence-corrected chi connectivity index (χ2v) is 6.65. The van der Waals surface area contributed by atoms with Gasteiger partial charge in [0, 0.05) is 12.3 Å². The van der Waals surface area contributed by atoms with Gasteiger partial charge >= 0.3 is 0 Å². The van der Waals surface area contributed by atoms with Crippen molar-refractivity contribution in [3.05, 3.63) is 30.3 Å². The zero-order chi connectivity index (χ0) is 13.8. The number of benzene rings is 1. The molecular weight excluding hydrogens is 272 g/mol.